The van der Waals surface area contributed by atoms with Crippen molar-refractivity contribution in [2.24, 2.45) is 5.10 Å². The monoisotopic (exact) mass is 337 g/mol. The molecule has 0 aliphatic carbocycles. The SMILES string of the molecule is C/C(CC(=O)OC(C)(C)C)=N\Nc1ccc(N(C)CC(C)O)nn1. The van der Waals surface area contributed by atoms with E-state index in [1.807, 2.05) is 27.8 Å². The predicted octanol–water partition coefficient (Wildman–Crippen LogP) is 1.81. The summed E-state index contributed by atoms with van der Waals surface area (Å²) < 4.78 is 5.23. The fourth-order valence-electron chi connectivity index (χ4n) is 1.86. The standard InChI is InChI=1S/C16H27N5O3/c1-11(9-15(23)24-16(3,4)5)17-18-13-7-8-14(20-19-13)21(6)10-12(2)22/h7-8,12,22H,9-10H2,1-6H3,(H,18,19)/b17-11+. The van der Waals surface area contributed by atoms with E-state index in [0.717, 1.165) is 0 Å². The highest BCUT2D eigenvalue weighted by atomic mass is 16.6. The van der Waals surface area contributed by atoms with E-state index < -0.39 is 11.7 Å². The minimum absolute atomic E-state index is 0.104. The van der Waals surface area contributed by atoms with Crippen molar-refractivity contribution in [1.29, 1.82) is 0 Å². The number of hydrogen-bond donors (Lipinski definition) is 2. The van der Waals surface area contributed by atoms with Crippen LogP contribution >= 0.6 is 0 Å². The van der Waals surface area contributed by atoms with Crippen LogP contribution in [0.4, 0.5) is 11.6 Å². The molecule has 8 heteroatoms. The van der Waals surface area contributed by atoms with E-state index >= 15 is 0 Å². The number of hydrogen-bond acceptors (Lipinski definition) is 8. The van der Waals surface area contributed by atoms with Gasteiger partial charge in [0.05, 0.1) is 12.5 Å². The molecule has 2 N–H and O–H groups in total. The molecule has 1 aromatic rings. The second-order valence-corrected chi connectivity index (χ2v) is 6.73. The first kappa shape index (κ1) is 19.8. The molecule has 0 aliphatic heterocycles. The highest BCUT2D eigenvalue weighted by Gasteiger charge is 2.16. The molecule has 0 bridgehead atoms. The topological polar surface area (TPSA) is 99.9 Å². The Hall–Kier alpha value is -2.22. The molecule has 1 aromatic heterocycles. The van der Waals surface area contributed by atoms with Crippen LogP contribution in [0.3, 0.4) is 0 Å². The molecule has 0 aliphatic rings. The zero-order chi connectivity index (χ0) is 18.3. The van der Waals surface area contributed by atoms with Crippen LogP contribution < -0.4 is 10.3 Å². The van der Waals surface area contributed by atoms with E-state index in [1.165, 1.54) is 0 Å². The number of nitrogens with one attached hydrogen (secondary N) is 1. The number of anilines is 2. The molecule has 0 fully saturated rings. The van der Waals surface area contributed by atoms with Crippen LogP contribution in [0, 0.1) is 0 Å². The van der Waals surface area contributed by atoms with Crippen LogP contribution in [0.5, 0.6) is 0 Å². The van der Waals surface area contributed by atoms with E-state index in [2.05, 4.69) is 20.7 Å². The third-order valence-electron chi connectivity index (χ3n) is 2.76. The van der Waals surface area contributed by atoms with Crippen molar-refractivity contribution in [2.75, 3.05) is 23.9 Å². The molecule has 24 heavy (non-hydrogen) atoms. The molecule has 0 spiro atoms. The summed E-state index contributed by atoms with van der Waals surface area (Å²) in [5, 5.41) is 21.5. The molecular weight excluding hydrogens is 310 g/mol. The van der Waals surface area contributed by atoms with Gasteiger partial charge in [0.15, 0.2) is 11.6 Å². The van der Waals surface area contributed by atoms with Gasteiger partial charge in [0.1, 0.15) is 5.60 Å². The number of aliphatic hydroxyl groups excluding tert-OH is 1. The highest BCUT2D eigenvalue weighted by molar-refractivity contribution is 5.97. The Morgan fingerprint density at radius 2 is 2.08 bits per heavy atom. The number of esters is 1. The average Bonchev–Trinajstić information content (AvgIpc) is 2.42. The van der Waals surface area contributed by atoms with Gasteiger partial charge >= 0.3 is 5.97 Å². The number of aromatic nitrogens is 2. The summed E-state index contributed by atoms with van der Waals surface area (Å²) >= 11 is 0. The molecular formula is C16H27N5O3. The van der Waals surface area contributed by atoms with Gasteiger partial charge < -0.3 is 14.7 Å². The van der Waals surface area contributed by atoms with E-state index in [-0.39, 0.29) is 12.4 Å². The molecule has 1 rings (SSSR count). The zero-order valence-corrected chi connectivity index (χ0v) is 15.2. The summed E-state index contributed by atoms with van der Waals surface area (Å²) in [6.07, 6.45) is -0.345. The Morgan fingerprint density at radius 1 is 1.42 bits per heavy atom. The molecule has 0 aromatic carbocycles. The van der Waals surface area contributed by atoms with E-state index in [9.17, 15) is 9.90 Å². The lowest BCUT2D eigenvalue weighted by molar-refractivity contribution is -0.153. The van der Waals surface area contributed by atoms with E-state index in [4.69, 9.17) is 4.74 Å². The first-order valence-corrected chi connectivity index (χ1v) is 7.81. The van der Waals surface area contributed by atoms with Gasteiger partial charge in [-0.15, -0.1) is 10.2 Å². The third-order valence-corrected chi connectivity index (χ3v) is 2.76. The number of nitrogens with zero attached hydrogens (tertiary/aromatic N) is 4. The Labute approximate surface area is 142 Å². The Bertz CT molecular complexity index is 564. The van der Waals surface area contributed by atoms with Gasteiger partial charge in [0.2, 0.25) is 0 Å². The van der Waals surface area contributed by atoms with Gasteiger partial charge in [0, 0.05) is 19.3 Å². The molecule has 1 unspecified atom stereocenters. The molecule has 0 saturated heterocycles. The van der Waals surface area contributed by atoms with Crippen LogP contribution in [0.15, 0.2) is 17.2 Å². The molecule has 1 atom stereocenters. The van der Waals surface area contributed by atoms with Crippen molar-refractivity contribution in [3.05, 3.63) is 12.1 Å². The fourth-order valence-corrected chi connectivity index (χ4v) is 1.86. The second kappa shape index (κ2) is 8.58. The van der Waals surface area contributed by atoms with Gasteiger partial charge in [-0.1, -0.05) is 0 Å². The lowest BCUT2D eigenvalue weighted by atomic mass is 10.2. The first-order valence-electron chi connectivity index (χ1n) is 7.81. The Balaban J connectivity index is 2.56. The maximum absolute atomic E-state index is 11.7. The number of likely N-dealkylation sites (N-methyl/N-ethyl adjacent to an activating group) is 1. The number of hydrazone groups is 1. The van der Waals surface area contributed by atoms with Crippen LogP contribution in [0.1, 0.15) is 41.0 Å². The second-order valence-electron chi connectivity index (χ2n) is 6.73. The number of carbonyl (C=O) groups is 1. The normalized spacial score (nSPS) is 13.4. The van der Waals surface area contributed by atoms with Crippen molar-refractivity contribution in [1.82, 2.24) is 10.2 Å². The molecule has 1 heterocycles. The zero-order valence-electron chi connectivity index (χ0n) is 15.2. The average molecular weight is 337 g/mol. The summed E-state index contributed by atoms with van der Waals surface area (Å²) in [6.45, 7) is 9.37. The van der Waals surface area contributed by atoms with Gasteiger partial charge in [-0.25, -0.2) is 0 Å². The fraction of sp³-hybridized carbons (Fsp3) is 0.625. The van der Waals surface area contributed by atoms with E-state index in [0.29, 0.717) is 23.9 Å². The summed E-state index contributed by atoms with van der Waals surface area (Å²) in [5.74, 6) is 0.787. The lowest BCUT2D eigenvalue weighted by Gasteiger charge is -2.19. The van der Waals surface area contributed by atoms with Crippen molar-refractivity contribution < 1.29 is 14.6 Å². The smallest absolute Gasteiger partial charge is 0.312 e. The van der Waals surface area contributed by atoms with Crippen molar-refractivity contribution in [2.45, 2.75) is 52.7 Å². The highest BCUT2D eigenvalue weighted by Crippen LogP contribution is 2.11. The summed E-state index contributed by atoms with van der Waals surface area (Å²) in [4.78, 5) is 13.5. The quantitative estimate of drug-likeness (QED) is 0.444. The van der Waals surface area contributed by atoms with Crippen LogP contribution in [0.2, 0.25) is 0 Å². The minimum Gasteiger partial charge on any atom is -0.460 e. The van der Waals surface area contributed by atoms with Crippen LogP contribution in [0.25, 0.3) is 0 Å². The molecule has 0 amide bonds. The van der Waals surface area contributed by atoms with Crippen molar-refractivity contribution in [3.8, 4) is 0 Å². The lowest BCUT2D eigenvalue weighted by Crippen LogP contribution is -2.27. The summed E-state index contributed by atoms with van der Waals surface area (Å²) in [5.41, 5.74) is 2.83. The molecule has 8 nitrogen and oxygen atoms in total. The van der Waals surface area contributed by atoms with Gasteiger partial charge in [-0.2, -0.15) is 5.10 Å². The molecule has 0 radical (unpaired) electrons. The van der Waals surface area contributed by atoms with Crippen molar-refractivity contribution >= 4 is 23.3 Å². The summed E-state index contributed by atoms with van der Waals surface area (Å²) in [6, 6.07) is 3.50. The third kappa shape index (κ3) is 7.87. The van der Waals surface area contributed by atoms with Gasteiger partial charge in [-0.3, -0.25) is 10.2 Å². The molecule has 0 saturated carbocycles. The molecule has 134 valence electrons. The van der Waals surface area contributed by atoms with E-state index in [1.54, 1.807) is 30.9 Å². The Morgan fingerprint density at radius 3 is 2.58 bits per heavy atom. The Kier molecular flexibility index (Phi) is 7.09. The maximum Gasteiger partial charge on any atom is 0.312 e. The number of aliphatic hydroxyl groups is 1. The van der Waals surface area contributed by atoms with Gasteiger partial charge in [0.25, 0.3) is 0 Å². The van der Waals surface area contributed by atoms with Gasteiger partial charge in [-0.05, 0) is 46.8 Å². The predicted molar refractivity (Wildman–Crippen MR) is 94.2 cm³/mol. The van der Waals surface area contributed by atoms with Crippen LogP contribution in [-0.4, -0.2) is 52.3 Å². The summed E-state index contributed by atoms with van der Waals surface area (Å²) in [7, 11) is 1.83. The maximum atomic E-state index is 11.7. The minimum atomic E-state index is -0.510. The van der Waals surface area contributed by atoms with Crippen molar-refractivity contribution in [3.63, 3.8) is 0 Å². The van der Waals surface area contributed by atoms with Crippen LogP contribution in [-0.2, 0) is 9.53 Å². The number of rotatable bonds is 7. The largest absolute Gasteiger partial charge is 0.460 e. The number of carbonyl (C=O) groups excluding carboxylic acids is 1. The number of ether oxygens (including phenoxy) is 1. The first-order chi connectivity index (χ1) is 11.1.